The molecule has 0 aliphatic carbocycles. The highest BCUT2D eigenvalue weighted by Gasteiger charge is 2.45. The van der Waals surface area contributed by atoms with Crippen LogP contribution in [0.15, 0.2) is 22.9 Å². The molecule has 1 aromatic heterocycles. The summed E-state index contributed by atoms with van der Waals surface area (Å²) in [6.45, 7) is 1.18. The highest BCUT2D eigenvalue weighted by molar-refractivity contribution is 7.17. The molecule has 1 N–H and O–H groups in total. The van der Waals surface area contributed by atoms with Gasteiger partial charge in [0.05, 0.1) is 16.7 Å². The number of nitrogens with zero attached hydrogens (tertiary/aromatic N) is 2. The zero-order chi connectivity index (χ0) is 15.9. The van der Waals surface area contributed by atoms with Gasteiger partial charge < -0.3 is 14.8 Å². The van der Waals surface area contributed by atoms with Gasteiger partial charge in [0, 0.05) is 18.0 Å². The van der Waals surface area contributed by atoms with Gasteiger partial charge in [-0.05, 0) is 24.6 Å². The number of thiophene rings is 1. The van der Waals surface area contributed by atoms with Crippen LogP contribution in [0.3, 0.4) is 0 Å². The van der Waals surface area contributed by atoms with E-state index in [1.165, 1.54) is 11.3 Å². The lowest BCUT2D eigenvalue weighted by Crippen LogP contribution is -2.24. The standard InChI is InChI=1S/C13H11F3N2O3S/c14-13(15,16)11-9(12(20)21-17-11)5-8-1-2-10(22-8)18-4-3-7(19)6-18/h1-2,5,7,19H,3-4,6H2. The summed E-state index contributed by atoms with van der Waals surface area (Å²) in [5.74, 6) is -1.11. The van der Waals surface area contributed by atoms with Crippen LogP contribution in [-0.2, 0) is 9.63 Å². The molecule has 1 saturated heterocycles. The average molecular weight is 332 g/mol. The summed E-state index contributed by atoms with van der Waals surface area (Å²) in [7, 11) is 0. The van der Waals surface area contributed by atoms with Gasteiger partial charge in [-0.1, -0.05) is 5.16 Å². The Hall–Kier alpha value is -1.87. The molecule has 0 spiro atoms. The second-order valence-corrected chi connectivity index (χ2v) is 6.03. The first-order chi connectivity index (χ1) is 10.3. The zero-order valence-corrected chi connectivity index (χ0v) is 11.9. The second-order valence-electron chi connectivity index (χ2n) is 4.94. The molecule has 1 aromatic rings. The maximum atomic E-state index is 12.7. The largest absolute Gasteiger partial charge is 0.437 e. The third kappa shape index (κ3) is 2.86. The molecular formula is C13H11F3N2O3S. The second kappa shape index (κ2) is 5.40. The van der Waals surface area contributed by atoms with Crippen molar-refractivity contribution >= 4 is 34.1 Å². The Morgan fingerprint density at radius 2 is 2.23 bits per heavy atom. The maximum Gasteiger partial charge on any atom is 0.437 e. The lowest BCUT2D eigenvalue weighted by atomic mass is 10.1. The van der Waals surface area contributed by atoms with Gasteiger partial charge >= 0.3 is 12.1 Å². The van der Waals surface area contributed by atoms with Crippen molar-refractivity contribution in [2.45, 2.75) is 18.7 Å². The number of hydrogen-bond donors (Lipinski definition) is 1. The summed E-state index contributed by atoms with van der Waals surface area (Å²) in [6.07, 6.45) is -3.34. The van der Waals surface area contributed by atoms with Crippen LogP contribution in [0.5, 0.6) is 0 Å². The van der Waals surface area contributed by atoms with E-state index >= 15 is 0 Å². The molecule has 118 valence electrons. The molecule has 2 aliphatic heterocycles. The molecule has 3 rings (SSSR count). The van der Waals surface area contributed by atoms with Crippen molar-refractivity contribution in [1.29, 1.82) is 0 Å². The van der Waals surface area contributed by atoms with Crippen LogP contribution in [0, 0.1) is 0 Å². The smallest absolute Gasteiger partial charge is 0.391 e. The Morgan fingerprint density at radius 1 is 1.45 bits per heavy atom. The molecule has 0 aromatic carbocycles. The molecule has 0 amide bonds. The quantitative estimate of drug-likeness (QED) is 0.666. The summed E-state index contributed by atoms with van der Waals surface area (Å²) in [6, 6.07) is 3.37. The van der Waals surface area contributed by atoms with E-state index in [-0.39, 0.29) is 0 Å². The summed E-state index contributed by atoms with van der Waals surface area (Å²) in [5.41, 5.74) is -1.91. The Morgan fingerprint density at radius 3 is 2.86 bits per heavy atom. The molecule has 22 heavy (non-hydrogen) atoms. The SMILES string of the molecule is O=C1ON=C(C(F)(F)F)C1=Cc1ccc(N2CCC(O)C2)s1. The number of carbonyl (C=O) groups is 1. The number of anilines is 1. The molecule has 1 unspecified atom stereocenters. The highest BCUT2D eigenvalue weighted by atomic mass is 32.1. The number of aliphatic hydroxyl groups is 1. The van der Waals surface area contributed by atoms with Gasteiger partial charge in [0.25, 0.3) is 0 Å². The van der Waals surface area contributed by atoms with Gasteiger partial charge in [-0.25, -0.2) is 4.79 Å². The van der Waals surface area contributed by atoms with Crippen molar-refractivity contribution < 1.29 is 27.9 Å². The van der Waals surface area contributed by atoms with Crippen LogP contribution in [0.4, 0.5) is 18.2 Å². The van der Waals surface area contributed by atoms with Crippen LogP contribution in [-0.4, -0.2) is 42.2 Å². The van der Waals surface area contributed by atoms with Crippen LogP contribution >= 0.6 is 11.3 Å². The lowest BCUT2D eigenvalue weighted by molar-refractivity contribution is -0.136. The monoisotopic (exact) mass is 332 g/mol. The Balaban J connectivity index is 1.84. The van der Waals surface area contributed by atoms with Gasteiger partial charge in [-0.3, -0.25) is 0 Å². The number of oxime groups is 1. The normalized spacial score (nSPS) is 24.1. The van der Waals surface area contributed by atoms with Gasteiger partial charge in [0.2, 0.25) is 0 Å². The predicted octanol–water partition coefficient (Wildman–Crippen LogP) is 2.18. The molecule has 9 heteroatoms. The van der Waals surface area contributed by atoms with Gasteiger partial charge in [-0.2, -0.15) is 13.2 Å². The van der Waals surface area contributed by atoms with E-state index in [1.54, 1.807) is 12.1 Å². The van der Waals surface area contributed by atoms with E-state index in [2.05, 4.69) is 9.99 Å². The van der Waals surface area contributed by atoms with Crippen molar-refractivity contribution in [2.75, 3.05) is 18.0 Å². The summed E-state index contributed by atoms with van der Waals surface area (Å²) < 4.78 is 38.2. The van der Waals surface area contributed by atoms with E-state index in [0.29, 0.717) is 24.4 Å². The number of hydrogen-bond acceptors (Lipinski definition) is 6. The number of rotatable bonds is 2. The van der Waals surface area contributed by atoms with E-state index in [4.69, 9.17) is 0 Å². The van der Waals surface area contributed by atoms with Crippen LogP contribution in [0.1, 0.15) is 11.3 Å². The number of halogens is 3. The van der Waals surface area contributed by atoms with Crippen molar-refractivity contribution in [3.05, 3.63) is 22.6 Å². The fourth-order valence-electron chi connectivity index (χ4n) is 2.29. The first-order valence-electron chi connectivity index (χ1n) is 6.46. The molecule has 3 heterocycles. The minimum atomic E-state index is -4.74. The fraction of sp³-hybridized carbons (Fsp3) is 0.385. The first-order valence-corrected chi connectivity index (χ1v) is 7.27. The number of alkyl halides is 3. The molecule has 5 nitrogen and oxygen atoms in total. The topological polar surface area (TPSA) is 62.1 Å². The summed E-state index contributed by atoms with van der Waals surface area (Å²) >= 11 is 1.24. The van der Waals surface area contributed by atoms with Gasteiger partial charge in [0.15, 0.2) is 5.71 Å². The molecule has 0 radical (unpaired) electrons. The minimum absolute atomic E-state index is 0.391. The molecule has 0 saturated carbocycles. The Bertz CT molecular complexity index is 666. The number of β-amino-alcohol motifs (C(OH)–C–C–N with tert-alkyl or cyclic N) is 1. The molecule has 1 atom stereocenters. The molecule has 1 fully saturated rings. The fourth-order valence-corrected chi connectivity index (χ4v) is 3.27. The Labute approximate surface area is 127 Å². The lowest BCUT2D eigenvalue weighted by Gasteiger charge is -2.14. The minimum Gasteiger partial charge on any atom is -0.391 e. The van der Waals surface area contributed by atoms with E-state index in [9.17, 15) is 23.1 Å². The van der Waals surface area contributed by atoms with Crippen LogP contribution in [0.2, 0.25) is 0 Å². The molecule has 2 aliphatic rings. The summed E-state index contributed by atoms with van der Waals surface area (Å²) in [5, 5.41) is 13.1. The predicted molar refractivity (Wildman–Crippen MR) is 74.7 cm³/mol. The van der Waals surface area contributed by atoms with Gasteiger partial charge in [-0.15, -0.1) is 11.3 Å². The van der Waals surface area contributed by atoms with Crippen molar-refractivity contribution in [3.63, 3.8) is 0 Å². The number of carbonyl (C=O) groups excluding carboxylic acids is 1. The highest BCUT2D eigenvalue weighted by Crippen LogP contribution is 2.33. The van der Waals surface area contributed by atoms with Crippen molar-refractivity contribution in [1.82, 2.24) is 0 Å². The van der Waals surface area contributed by atoms with Crippen LogP contribution in [0.25, 0.3) is 6.08 Å². The Kier molecular flexibility index (Phi) is 3.69. The molecule has 0 bridgehead atoms. The van der Waals surface area contributed by atoms with E-state index in [0.717, 1.165) is 11.1 Å². The van der Waals surface area contributed by atoms with Gasteiger partial charge in [0.1, 0.15) is 0 Å². The van der Waals surface area contributed by atoms with E-state index < -0.39 is 29.5 Å². The van der Waals surface area contributed by atoms with Crippen LogP contribution < -0.4 is 4.90 Å². The molecular weight excluding hydrogens is 321 g/mol. The third-order valence-corrected chi connectivity index (χ3v) is 4.43. The van der Waals surface area contributed by atoms with Crippen molar-refractivity contribution in [2.24, 2.45) is 5.16 Å². The number of aliphatic hydroxyl groups excluding tert-OH is 1. The van der Waals surface area contributed by atoms with E-state index in [1.807, 2.05) is 4.90 Å². The van der Waals surface area contributed by atoms with Crippen molar-refractivity contribution in [3.8, 4) is 0 Å². The maximum absolute atomic E-state index is 12.7. The third-order valence-electron chi connectivity index (χ3n) is 3.34. The zero-order valence-electron chi connectivity index (χ0n) is 11.1. The summed E-state index contributed by atoms with van der Waals surface area (Å²) in [4.78, 5) is 18.0. The first kappa shape index (κ1) is 15.0. The average Bonchev–Trinajstić information content (AvgIpc) is 3.11.